The van der Waals surface area contributed by atoms with Gasteiger partial charge in [0.1, 0.15) is 5.75 Å². The van der Waals surface area contributed by atoms with Crippen molar-refractivity contribution in [2.75, 3.05) is 28.1 Å². The molecule has 2 aromatic rings. The Balaban J connectivity index is 2.34. The summed E-state index contributed by atoms with van der Waals surface area (Å²) in [6, 6.07) is 13.1. The molecule has 0 aliphatic heterocycles. The molecule has 0 fully saturated rings. The van der Waals surface area contributed by atoms with Crippen LogP contribution in [-0.2, 0) is 23.8 Å². The molecule has 0 saturated heterocycles. The molecule has 0 heterocycles. The van der Waals surface area contributed by atoms with Crippen LogP contribution >= 0.6 is 11.6 Å². The molecule has 0 N–H and O–H groups in total. The summed E-state index contributed by atoms with van der Waals surface area (Å²) < 4.78 is 19.7. The van der Waals surface area contributed by atoms with Crippen LogP contribution in [0.2, 0.25) is 5.02 Å². The van der Waals surface area contributed by atoms with E-state index in [0.29, 0.717) is 21.9 Å². The fraction of sp³-hybridized carbons (Fsp3) is 0.318. The lowest BCUT2D eigenvalue weighted by atomic mass is 9.81. The first-order valence-electron chi connectivity index (χ1n) is 9.07. The van der Waals surface area contributed by atoms with Crippen molar-refractivity contribution in [3.05, 3.63) is 64.7 Å². The number of ether oxygens (including phenoxy) is 4. The van der Waals surface area contributed by atoms with Gasteiger partial charge in [-0.25, -0.2) is 0 Å². The third kappa shape index (κ3) is 6.05. The van der Waals surface area contributed by atoms with Crippen molar-refractivity contribution < 1.29 is 33.3 Å². The predicted octanol–water partition coefficient (Wildman–Crippen LogP) is 3.64. The fourth-order valence-corrected chi connectivity index (χ4v) is 3.12. The summed E-state index contributed by atoms with van der Waals surface area (Å²) >= 11 is 5.96. The van der Waals surface area contributed by atoms with Gasteiger partial charge in [0.25, 0.3) is 0 Å². The third-order valence-electron chi connectivity index (χ3n) is 4.54. The quantitative estimate of drug-likeness (QED) is 0.244. The number of methoxy groups -OCH3 is 3. The van der Waals surface area contributed by atoms with Crippen LogP contribution in [0.25, 0.3) is 0 Å². The maximum absolute atomic E-state index is 13.0. The molecule has 0 saturated carbocycles. The lowest BCUT2D eigenvalue weighted by molar-refractivity contribution is -0.159. The zero-order valence-corrected chi connectivity index (χ0v) is 17.7. The van der Waals surface area contributed by atoms with Crippen LogP contribution in [0, 0.1) is 5.92 Å². The van der Waals surface area contributed by atoms with Crippen LogP contribution in [0.4, 0.5) is 0 Å². The van der Waals surface area contributed by atoms with Crippen molar-refractivity contribution in [3.63, 3.8) is 0 Å². The van der Waals surface area contributed by atoms with E-state index in [1.54, 1.807) is 48.5 Å². The van der Waals surface area contributed by atoms with E-state index in [0.717, 1.165) is 0 Å². The molecule has 8 heteroatoms. The van der Waals surface area contributed by atoms with Gasteiger partial charge in [0, 0.05) is 30.0 Å². The van der Waals surface area contributed by atoms with Crippen molar-refractivity contribution in [2.24, 2.45) is 5.92 Å². The topological polar surface area (TPSA) is 88.1 Å². The second-order valence-electron chi connectivity index (χ2n) is 6.38. The maximum atomic E-state index is 13.0. The van der Waals surface area contributed by atoms with Gasteiger partial charge in [0.2, 0.25) is 0 Å². The zero-order chi connectivity index (χ0) is 22.1. The van der Waals surface area contributed by atoms with Gasteiger partial charge in [-0.3, -0.25) is 14.4 Å². The summed E-state index contributed by atoms with van der Waals surface area (Å²) in [4.78, 5) is 37.7. The Labute approximate surface area is 179 Å². The average Bonchev–Trinajstić information content (AvgIpc) is 2.77. The van der Waals surface area contributed by atoms with Crippen LogP contribution in [0.5, 0.6) is 5.75 Å². The summed E-state index contributed by atoms with van der Waals surface area (Å²) in [6.07, 6.45) is -0.116. The Bertz CT molecular complexity index is 846. The van der Waals surface area contributed by atoms with Crippen molar-refractivity contribution in [3.8, 4) is 5.75 Å². The number of benzene rings is 2. The van der Waals surface area contributed by atoms with Crippen LogP contribution in [-0.4, -0.2) is 45.8 Å². The van der Waals surface area contributed by atoms with Crippen LogP contribution in [0.15, 0.2) is 48.5 Å². The molecular formula is C22H23ClO7. The number of esters is 2. The minimum Gasteiger partial charge on any atom is -0.468 e. The summed E-state index contributed by atoms with van der Waals surface area (Å²) in [5, 5.41) is 0.489. The minimum atomic E-state index is -1.30. The molecule has 1 atom stereocenters. The minimum absolute atomic E-state index is 0.0892. The third-order valence-corrected chi connectivity index (χ3v) is 4.79. The van der Waals surface area contributed by atoms with E-state index in [4.69, 9.17) is 30.5 Å². The molecule has 0 spiro atoms. The van der Waals surface area contributed by atoms with E-state index >= 15 is 0 Å². The smallest absolute Gasteiger partial charge is 0.320 e. The highest BCUT2D eigenvalue weighted by Gasteiger charge is 2.39. The summed E-state index contributed by atoms with van der Waals surface area (Å²) in [7, 11) is 3.86. The van der Waals surface area contributed by atoms with Gasteiger partial charge in [-0.2, -0.15) is 0 Å². The molecule has 2 aromatic carbocycles. The number of ketones is 1. The van der Waals surface area contributed by atoms with Crippen molar-refractivity contribution in [1.82, 2.24) is 0 Å². The highest BCUT2D eigenvalue weighted by atomic mass is 35.5. The number of rotatable bonds is 10. The average molecular weight is 435 g/mol. The highest BCUT2D eigenvalue weighted by Crippen LogP contribution is 2.32. The first-order valence-corrected chi connectivity index (χ1v) is 9.45. The monoisotopic (exact) mass is 434 g/mol. The molecule has 0 aliphatic carbocycles. The van der Waals surface area contributed by atoms with E-state index in [2.05, 4.69) is 0 Å². The van der Waals surface area contributed by atoms with Gasteiger partial charge in [-0.1, -0.05) is 23.7 Å². The van der Waals surface area contributed by atoms with Gasteiger partial charge in [-0.15, -0.1) is 0 Å². The fourth-order valence-electron chi connectivity index (χ4n) is 3.00. The lowest BCUT2D eigenvalue weighted by Crippen LogP contribution is -2.33. The van der Waals surface area contributed by atoms with Crippen LogP contribution in [0.3, 0.4) is 0 Å². The predicted molar refractivity (Wildman–Crippen MR) is 110 cm³/mol. The standard InChI is InChI=1S/C22H23ClO7/c1-27-13-30-17-10-6-15(7-11-17)19(24)12-18(14-4-8-16(23)9-5-14)20(21(25)28-2)22(26)29-3/h4-11,18,20H,12-13H2,1-3H3. The number of Topliss-reactive ketones (excluding diaryl/α,β-unsaturated/α-hetero) is 1. The summed E-state index contributed by atoms with van der Waals surface area (Å²) in [5.74, 6) is -3.36. The Morgan fingerprint density at radius 2 is 1.43 bits per heavy atom. The number of hydrogen-bond acceptors (Lipinski definition) is 7. The van der Waals surface area contributed by atoms with Gasteiger partial charge in [-0.05, 0) is 42.0 Å². The van der Waals surface area contributed by atoms with Gasteiger partial charge < -0.3 is 18.9 Å². The summed E-state index contributed by atoms with van der Waals surface area (Å²) in [5.41, 5.74) is 1.00. The Morgan fingerprint density at radius 1 is 0.867 bits per heavy atom. The van der Waals surface area contributed by atoms with Crippen molar-refractivity contribution >= 4 is 29.3 Å². The second-order valence-corrected chi connectivity index (χ2v) is 6.82. The number of carbonyl (C=O) groups excluding carboxylic acids is 3. The number of halogens is 1. The van der Waals surface area contributed by atoms with Crippen LogP contribution < -0.4 is 4.74 Å². The van der Waals surface area contributed by atoms with E-state index in [1.807, 2.05) is 0 Å². The molecule has 0 radical (unpaired) electrons. The molecule has 7 nitrogen and oxygen atoms in total. The molecule has 160 valence electrons. The highest BCUT2D eigenvalue weighted by molar-refractivity contribution is 6.30. The van der Waals surface area contributed by atoms with E-state index < -0.39 is 23.8 Å². The van der Waals surface area contributed by atoms with Gasteiger partial charge in [0.05, 0.1) is 14.2 Å². The first kappa shape index (κ1) is 23.4. The molecule has 0 amide bonds. The van der Waals surface area contributed by atoms with Crippen molar-refractivity contribution in [2.45, 2.75) is 12.3 Å². The molecule has 0 aromatic heterocycles. The van der Waals surface area contributed by atoms with Gasteiger partial charge in [0.15, 0.2) is 18.5 Å². The molecule has 2 rings (SSSR count). The van der Waals surface area contributed by atoms with Crippen LogP contribution in [0.1, 0.15) is 28.3 Å². The summed E-state index contributed by atoms with van der Waals surface area (Å²) in [6.45, 7) is 0.0892. The molecule has 1 unspecified atom stereocenters. The Hall–Kier alpha value is -2.90. The maximum Gasteiger partial charge on any atom is 0.320 e. The molecule has 0 bridgehead atoms. The molecular weight excluding hydrogens is 412 g/mol. The van der Waals surface area contributed by atoms with E-state index in [1.165, 1.54) is 21.3 Å². The molecule has 0 aliphatic rings. The Kier molecular flexibility index (Phi) is 8.83. The number of hydrogen-bond donors (Lipinski definition) is 0. The molecule has 30 heavy (non-hydrogen) atoms. The van der Waals surface area contributed by atoms with Crippen molar-refractivity contribution in [1.29, 1.82) is 0 Å². The first-order chi connectivity index (χ1) is 14.4. The second kappa shape index (κ2) is 11.3. The van der Waals surface area contributed by atoms with E-state index in [-0.39, 0.29) is 19.0 Å². The zero-order valence-electron chi connectivity index (χ0n) is 16.9. The number of carbonyl (C=O) groups is 3. The lowest BCUT2D eigenvalue weighted by Gasteiger charge is -2.23. The van der Waals surface area contributed by atoms with Gasteiger partial charge >= 0.3 is 11.9 Å². The van der Waals surface area contributed by atoms with E-state index in [9.17, 15) is 14.4 Å². The normalized spacial score (nSPS) is 11.6. The largest absolute Gasteiger partial charge is 0.468 e. The SMILES string of the molecule is COCOc1ccc(C(=O)CC(c2ccc(Cl)cc2)C(C(=O)OC)C(=O)OC)cc1. The Morgan fingerprint density at radius 3 is 1.93 bits per heavy atom.